The highest BCUT2D eigenvalue weighted by Crippen LogP contribution is 2.26. The van der Waals surface area contributed by atoms with Gasteiger partial charge >= 0.3 is 0 Å². The number of anilines is 2. The first-order valence-corrected chi connectivity index (χ1v) is 6.14. The third-order valence-corrected chi connectivity index (χ3v) is 3.35. The van der Waals surface area contributed by atoms with E-state index in [1.165, 1.54) is 0 Å². The molecule has 5 heteroatoms. The Morgan fingerprint density at radius 3 is 2.94 bits per heavy atom. The molecule has 94 valence electrons. The van der Waals surface area contributed by atoms with E-state index in [0.717, 1.165) is 37.2 Å². The van der Waals surface area contributed by atoms with Gasteiger partial charge in [0.05, 0.1) is 6.10 Å². The third-order valence-electron chi connectivity index (χ3n) is 3.35. The van der Waals surface area contributed by atoms with Crippen LogP contribution in [0.15, 0.2) is 6.20 Å². The van der Waals surface area contributed by atoms with E-state index >= 15 is 0 Å². The average molecular weight is 236 g/mol. The average Bonchev–Trinajstić information content (AvgIpc) is 2.74. The van der Waals surface area contributed by atoms with Crippen LogP contribution in [-0.2, 0) is 0 Å². The van der Waals surface area contributed by atoms with E-state index in [1.807, 2.05) is 6.92 Å². The fraction of sp³-hybridized carbons (Fsp3) is 0.667. The number of aliphatic hydroxyl groups excluding tert-OH is 1. The van der Waals surface area contributed by atoms with E-state index in [4.69, 9.17) is 0 Å². The highest BCUT2D eigenvalue weighted by molar-refractivity contribution is 5.46. The Morgan fingerprint density at radius 1 is 1.47 bits per heavy atom. The lowest BCUT2D eigenvalue weighted by Crippen LogP contribution is -2.22. The number of rotatable bonds is 4. The third kappa shape index (κ3) is 2.85. The number of aryl methyl sites for hydroxylation is 1. The lowest BCUT2D eigenvalue weighted by molar-refractivity contribution is 0.138. The highest BCUT2D eigenvalue weighted by Gasteiger charge is 2.24. The Balaban J connectivity index is 1.98. The highest BCUT2D eigenvalue weighted by atomic mass is 16.3. The normalized spacial score (nSPS) is 23.7. The molecule has 2 unspecified atom stereocenters. The number of hydrogen-bond acceptors (Lipinski definition) is 5. The van der Waals surface area contributed by atoms with Crippen LogP contribution in [0.4, 0.5) is 11.8 Å². The standard InChI is InChI=1S/C12H20N4O/c1-8-6-15-12(13-2)16-11(8)14-7-9-4-3-5-10(9)17/h6,9-10,17H,3-5,7H2,1-2H3,(H2,13,14,15,16). The number of aromatic nitrogens is 2. The van der Waals surface area contributed by atoms with Crippen LogP contribution in [-0.4, -0.2) is 34.8 Å². The Morgan fingerprint density at radius 2 is 2.29 bits per heavy atom. The van der Waals surface area contributed by atoms with Crippen LogP contribution in [0.25, 0.3) is 0 Å². The van der Waals surface area contributed by atoms with Crippen molar-refractivity contribution in [3.05, 3.63) is 11.8 Å². The molecule has 2 rings (SSSR count). The molecule has 0 aliphatic heterocycles. The van der Waals surface area contributed by atoms with E-state index in [0.29, 0.717) is 11.9 Å². The second-order valence-corrected chi connectivity index (χ2v) is 4.61. The molecule has 3 N–H and O–H groups in total. The molecule has 2 atom stereocenters. The first-order chi connectivity index (χ1) is 8.20. The molecule has 0 bridgehead atoms. The summed E-state index contributed by atoms with van der Waals surface area (Å²) in [6, 6.07) is 0. The SMILES string of the molecule is CNc1ncc(C)c(NCC2CCCC2O)n1. The summed E-state index contributed by atoms with van der Waals surface area (Å²) in [5.41, 5.74) is 1.02. The summed E-state index contributed by atoms with van der Waals surface area (Å²) in [5, 5.41) is 16.0. The van der Waals surface area contributed by atoms with E-state index < -0.39 is 0 Å². The molecule has 0 spiro atoms. The Bertz CT molecular complexity index is 383. The van der Waals surface area contributed by atoms with Gasteiger partial charge in [0.25, 0.3) is 0 Å². The Hall–Kier alpha value is -1.36. The van der Waals surface area contributed by atoms with Crippen LogP contribution < -0.4 is 10.6 Å². The predicted molar refractivity (Wildman–Crippen MR) is 68.2 cm³/mol. The molecule has 1 fully saturated rings. The minimum Gasteiger partial charge on any atom is -0.393 e. The van der Waals surface area contributed by atoms with Crippen LogP contribution in [0, 0.1) is 12.8 Å². The number of hydrogen-bond donors (Lipinski definition) is 3. The fourth-order valence-corrected chi connectivity index (χ4v) is 2.22. The summed E-state index contributed by atoms with van der Waals surface area (Å²) in [4.78, 5) is 8.50. The smallest absolute Gasteiger partial charge is 0.224 e. The predicted octanol–water partition coefficient (Wildman–Crippen LogP) is 1.40. The number of nitrogens with zero attached hydrogens (tertiary/aromatic N) is 2. The Kier molecular flexibility index (Phi) is 3.78. The molecular formula is C12H20N4O. The molecule has 1 heterocycles. The molecule has 1 aliphatic rings. The largest absolute Gasteiger partial charge is 0.393 e. The van der Waals surface area contributed by atoms with Crippen molar-refractivity contribution in [1.82, 2.24) is 9.97 Å². The monoisotopic (exact) mass is 236 g/mol. The van der Waals surface area contributed by atoms with Crippen LogP contribution in [0.2, 0.25) is 0 Å². The maximum Gasteiger partial charge on any atom is 0.224 e. The van der Waals surface area contributed by atoms with Gasteiger partial charge in [-0.25, -0.2) is 4.98 Å². The van der Waals surface area contributed by atoms with Gasteiger partial charge in [0, 0.05) is 31.3 Å². The van der Waals surface area contributed by atoms with Gasteiger partial charge in [-0.2, -0.15) is 4.98 Å². The molecule has 0 saturated heterocycles. The van der Waals surface area contributed by atoms with Crippen molar-refractivity contribution in [2.45, 2.75) is 32.3 Å². The van der Waals surface area contributed by atoms with E-state index in [1.54, 1.807) is 13.2 Å². The maximum atomic E-state index is 9.75. The van der Waals surface area contributed by atoms with Crippen molar-refractivity contribution in [2.24, 2.45) is 5.92 Å². The number of aliphatic hydroxyl groups is 1. The van der Waals surface area contributed by atoms with Gasteiger partial charge in [0.2, 0.25) is 5.95 Å². The van der Waals surface area contributed by atoms with E-state index in [-0.39, 0.29) is 6.10 Å². The summed E-state index contributed by atoms with van der Waals surface area (Å²) in [5.74, 6) is 1.82. The molecule has 0 amide bonds. The van der Waals surface area contributed by atoms with Crippen molar-refractivity contribution in [1.29, 1.82) is 0 Å². The van der Waals surface area contributed by atoms with Crippen molar-refractivity contribution in [2.75, 3.05) is 24.2 Å². The van der Waals surface area contributed by atoms with Crippen LogP contribution in [0.3, 0.4) is 0 Å². The maximum absolute atomic E-state index is 9.75. The van der Waals surface area contributed by atoms with E-state index in [9.17, 15) is 5.11 Å². The molecule has 1 aromatic rings. The molecule has 1 saturated carbocycles. The van der Waals surface area contributed by atoms with Crippen LogP contribution in [0.1, 0.15) is 24.8 Å². The quantitative estimate of drug-likeness (QED) is 0.737. The fourth-order valence-electron chi connectivity index (χ4n) is 2.22. The zero-order valence-electron chi connectivity index (χ0n) is 10.4. The summed E-state index contributed by atoms with van der Waals surface area (Å²) < 4.78 is 0. The number of nitrogens with one attached hydrogen (secondary N) is 2. The van der Waals surface area contributed by atoms with Crippen LogP contribution in [0.5, 0.6) is 0 Å². The second-order valence-electron chi connectivity index (χ2n) is 4.61. The molecule has 5 nitrogen and oxygen atoms in total. The van der Waals surface area contributed by atoms with Crippen molar-refractivity contribution in [3.8, 4) is 0 Å². The molecular weight excluding hydrogens is 216 g/mol. The lowest BCUT2D eigenvalue weighted by atomic mass is 10.1. The van der Waals surface area contributed by atoms with Gasteiger partial charge in [-0.15, -0.1) is 0 Å². The van der Waals surface area contributed by atoms with E-state index in [2.05, 4.69) is 20.6 Å². The van der Waals surface area contributed by atoms with Crippen molar-refractivity contribution >= 4 is 11.8 Å². The summed E-state index contributed by atoms with van der Waals surface area (Å²) in [6.45, 7) is 2.76. The molecule has 0 radical (unpaired) electrons. The zero-order valence-corrected chi connectivity index (χ0v) is 10.4. The van der Waals surface area contributed by atoms with Gasteiger partial charge in [-0.3, -0.25) is 0 Å². The molecule has 1 aliphatic carbocycles. The first-order valence-electron chi connectivity index (χ1n) is 6.14. The molecule has 17 heavy (non-hydrogen) atoms. The molecule has 1 aromatic heterocycles. The van der Waals surface area contributed by atoms with Gasteiger partial charge in [-0.05, 0) is 19.8 Å². The topological polar surface area (TPSA) is 70.1 Å². The lowest BCUT2D eigenvalue weighted by Gasteiger charge is -2.16. The molecule has 0 aromatic carbocycles. The summed E-state index contributed by atoms with van der Waals surface area (Å²) >= 11 is 0. The van der Waals surface area contributed by atoms with Crippen LogP contribution >= 0.6 is 0 Å². The van der Waals surface area contributed by atoms with Crippen molar-refractivity contribution < 1.29 is 5.11 Å². The minimum absolute atomic E-state index is 0.159. The minimum atomic E-state index is -0.159. The van der Waals surface area contributed by atoms with Gasteiger partial charge in [0.15, 0.2) is 0 Å². The summed E-state index contributed by atoms with van der Waals surface area (Å²) in [6.07, 6.45) is 4.78. The second kappa shape index (κ2) is 5.31. The van der Waals surface area contributed by atoms with Gasteiger partial charge in [0.1, 0.15) is 5.82 Å². The van der Waals surface area contributed by atoms with Gasteiger partial charge in [-0.1, -0.05) is 6.42 Å². The van der Waals surface area contributed by atoms with Crippen molar-refractivity contribution in [3.63, 3.8) is 0 Å². The Labute approximate surface area is 102 Å². The first kappa shape index (κ1) is 12.1. The summed E-state index contributed by atoms with van der Waals surface area (Å²) in [7, 11) is 1.80. The zero-order chi connectivity index (χ0) is 12.3. The van der Waals surface area contributed by atoms with Gasteiger partial charge < -0.3 is 15.7 Å².